The maximum atomic E-state index is 12.9. The number of aromatic nitrogens is 2. The highest BCUT2D eigenvalue weighted by atomic mass is 35.5. The summed E-state index contributed by atoms with van der Waals surface area (Å²) < 4.78 is 1.98. The minimum absolute atomic E-state index is 0.129. The lowest BCUT2D eigenvalue weighted by Crippen LogP contribution is -2.32. The number of piperidine rings is 1. The third kappa shape index (κ3) is 3.47. The van der Waals surface area contributed by atoms with Gasteiger partial charge in [-0.05, 0) is 56.7 Å². The quantitative estimate of drug-likeness (QED) is 0.674. The van der Waals surface area contributed by atoms with Crippen LogP contribution in [0.4, 0.5) is 5.69 Å². The van der Waals surface area contributed by atoms with Crippen molar-refractivity contribution in [2.45, 2.75) is 32.0 Å². The van der Waals surface area contributed by atoms with Gasteiger partial charge in [0.05, 0.1) is 28.5 Å². The molecule has 1 fully saturated rings. The molecule has 0 aliphatic carbocycles. The third-order valence-corrected chi connectivity index (χ3v) is 6.74. The van der Waals surface area contributed by atoms with Crippen molar-refractivity contribution in [1.82, 2.24) is 14.5 Å². The number of benzene rings is 1. The number of hydrogen-bond acceptors (Lipinski definition) is 5. The molecule has 3 aromatic rings. The number of likely N-dealkylation sites (tertiary alicyclic amines) is 1. The van der Waals surface area contributed by atoms with Gasteiger partial charge in [-0.15, -0.1) is 0 Å². The number of halogens is 1. The second-order valence-corrected chi connectivity index (χ2v) is 8.81. The van der Waals surface area contributed by atoms with Crippen LogP contribution in [0.3, 0.4) is 0 Å². The summed E-state index contributed by atoms with van der Waals surface area (Å²) in [5, 5.41) is 10.4. The smallest absolute Gasteiger partial charge is 0.341 e. The molecule has 0 bridgehead atoms. The van der Waals surface area contributed by atoms with Gasteiger partial charge in [-0.25, -0.2) is 4.79 Å². The van der Waals surface area contributed by atoms with Gasteiger partial charge < -0.3 is 19.5 Å². The molecule has 0 amide bonds. The number of carboxylic acid groups (broad SMARTS) is 1. The van der Waals surface area contributed by atoms with Crippen LogP contribution < -0.4 is 10.3 Å². The van der Waals surface area contributed by atoms with Gasteiger partial charge >= 0.3 is 5.97 Å². The number of pyridine rings is 2. The predicted molar refractivity (Wildman–Crippen MR) is 120 cm³/mol. The highest BCUT2D eigenvalue weighted by Gasteiger charge is 2.26. The lowest BCUT2D eigenvalue weighted by atomic mass is 10.0. The van der Waals surface area contributed by atoms with Gasteiger partial charge in [0.25, 0.3) is 0 Å². The molecule has 2 aliphatic heterocycles. The van der Waals surface area contributed by atoms with E-state index in [0.29, 0.717) is 23.5 Å². The SMILES string of the molecule is CN1CCC(n2cc(C(=O)O)c(=O)c3cc(Cl)c(N4Cc5cccnc5C4)cc32)CC1. The monoisotopic (exact) mass is 438 g/mol. The van der Waals surface area contributed by atoms with Gasteiger partial charge in [-0.1, -0.05) is 17.7 Å². The minimum Gasteiger partial charge on any atom is -0.477 e. The van der Waals surface area contributed by atoms with Crippen LogP contribution in [0.2, 0.25) is 5.02 Å². The number of rotatable bonds is 3. The molecule has 8 heteroatoms. The first-order chi connectivity index (χ1) is 14.9. The number of carbonyl (C=O) groups is 1. The fourth-order valence-corrected chi connectivity index (χ4v) is 4.98. The van der Waals surface area contributed by atoms with Crippen LogP contribution in [0.5, 0.6) is 0 Å². The van der Waals surface area contributed by atoms with Gasteiger partial charge in [0.2, 0.25) is 5.43 Å². The molecule has 2 aromatic heterocycles. The van der Waals surface area contributed by atoms with Crippen molar-refractivity contribution in [3.63, 3.8) is 0 Å². The number of hydrogen-bond donors (Lipinski definition) is 1. The number of anilines is 1. The van der Waals surface area contributed by atoms with Crippen LogP contribution in [-0.4, -0.2) is 45.7 Å². The van der Waals surface area contributed by atoms with Crippen molar-refractivity contribution in [3.05, 3.63) is 68.7 Å². The fourth-order valence-electron chi connectivity index (χ4n) is 4.70. The maximum absolute atomic E-state index is 12.9. The Morgan fingerprint density at radius 1 is 1.23 bits per heavy atom. The predicted octanol–water partition coefficient (Wildman–Crippen LogP) is 3.54. The largest absolute Gasteiger partial charge is 0.477 e. The maximum Gasteiger partial charge on any atom is 0.341 e. The molecule has 5 rings (SSSR count). The molecule has 0 saturated carbocycles. The standard InChI is InChI=1S/C23H23ClN4O3/c1-26-7-4-15(5-8-26)28-12-17(23(30)31)22(29)16-9-18(24)21(10-20(16)28)27-11-14-3-2-6-25-19(14)13-27/h2-3,6,9-10,12,15H,4-5,7-8,11,13H2,1H3,(H,30,31). The van der Waals surface area contributed by atoms with Crippen molar-refractivity contribution in [3.8, 4) is 0 Å². The Labute approximate surface area is 184 Å². The molecule has 31 heavy (non-hydrogen) atoms. The Kier molecular flexibility index (Phi) is 4.95. The summed E-state index contributed by atoms with van der Waals surface area (Å²) in [6.45, 7) is 3.19. The van der Waals surface area contributed by atoms with Crippen LogP contribution in [0.1, 0.15) is 40.5 Å². The molecular weight excluding hydrogens is 416 g/mol. The molecule has 0 unspecified atom stereocenters. The van der Waals surface area contributed by atoms with Gasteiger partial charge in [-0.2, -0.15) is 0 Å². The molecule has 0 radical (unpaired) electrons. The van der Waals surface area contributed by atoms with Crippen LogP contribution in [0.25, 0.3) is 10.9 Å². The van der Waals surface area contributed by atoms with E-state index in [-0.39, 0.29) is 11.6 Å². The Morgan fingerprint density at radius 3 is 2.71 bits per heavy atom. The van der Waals surface area contributed by atoms with E-state index in [1.165, 1.54) is 6.20 Å². The highest BCUT2D eigenvalue weighted by molar-refractivity contribution is 6.34. The molecule has 2 aliphatic rings. The van der Waals surface area contributed by atoms with Crippen molar-refractivity contribution >= 4 is 34.2 Å². The van der Waals surface area contributed by atoms with E-state index in [1.54, 1.807) is 12.3 Å². The van der Waals surface area contributed by atoms with E-state index in [0.717, 1.165) is 48.4 Å². The average molecular weight is 439 g/mol. The molecule has 160 valence electrons. The first kappa shape index (κ1) is 20.0. The number of aromatic carboxylic acids is 1. The summed E-state index contributed by atoms with van der Waals surface area (Å²) in [5.74, 6) is -1.21. The van der Waals surface area contributed by atoms with Gasteiger partial charge in [-0.3, -0.25) is 9.78 Å². The molecule has 7 nitrogen and oxygen atoms in total. The Balaban J connectivity index is 1.66. The lowest BCUT2D eigenvalue weighted by Gasteiger charge is -2.32. The van der Waals surface area contributed by atoms with Crippen LogP contribution in [0, 0.1) is 0 Å². The van der Waals surface area contributed by atoms with Crippen molar-refractivity contribution < 1.29 is 9.90 Å². The second-order valence-electron chi connectivity index (χ2n) is 8.40. The summed E-state index contributed by atoms with van der Waals surface area (Å²) in [4.78, 5) is 33.6. The van der Waals surface area contributed by atoms with Crippen LogP contribution >= 0.6 is 11.6 Å². The second kappa shape index (κ2) is 7.66. The molecule has 1 saturated heterocycles. The normalized spacial score (nSPS) is 17.3. The zero-order valence-corrected chi connectivity index (χ0v) is 18.0. The van der Waals surface area contributed by atoms with Gasteiger partial charge in [0, 0.05) is 30.4 Å². The number of nitrogens with zero attached hydrogens (tertiary/aromatic N) is 4. The molecular formula is C23H23ClN4O3. The Morgan fingerprint density at radius 2 is 2.00 bits per heavy atom. The first-order valence-corrected chi connectivity index (χ1v) is 10.8. The van der Waals surface area contributed by atoms with Gasteiger partial charge in [0.1, 0.15) is 5.56 Å². The van der Waals surface area contributed by atoms with Crippen molar-refractivity contribution in [2.75, 3.05) is 25.0 Å². The number of fused-ring (bicyclic) bond motifs is 2. The summed E-state index contributed by atoms with van der Waals surface area (Å²) >= 11 is 6.62. The van der Waals surface area contributed by atoms with E-state index < -0.39 is 11.4 Å². The van der Waals surface area contributed by atoms with E-state index in [2.05, 4.69) is 27.9 Å². The van der Waals surface area contributed by atoms with E-state index in [9.17, 15) is 14.7 Å². The van der Waals surface area contributed by atoms with E-state index in [1.807, 2.05) is 16.7 Å². The van der Waals surface area contributed by atoms with Crippen molar-refractivity contribution in [1.29, 1.82) is 0 Å². The van der Waals surface area contributed by atoms with E-state index >= 15 is 0 Å². The summed E-state index contributed by atoms with van der Waals surface area (Å²) in [6.07, 6.45) is 5.09. The third-order valence-electron chi connectivity index (χ3n) is 6.44. The average Bonchev–Trinajstić information content (AvgIpc) is 3.18. The topological polar surface area (TPSA) is 78.7 Å². The van der Waals surface area contributed by atoms with Crippen molar-refractivity contribution in [2.24, 2.45) is 0 Å². The summed E-state index contributed by atoms with van der Waals surface area (Å²) in [7, 11) is 2.08. The highest BCUT2D eigenvalue weighted by Crippen LogP contribution is 2.36. The summed E-state index contributed by atoms with van der Waals surface area (Å²) in [6, 6.07) is 7.68. The van der Waals surface area contributed by atoms with E-state index in [4.69, 9.17) is 11.6 Å². The fraction of sp³-hybridized carbons (Fsp3) is 0.348. The molecule has 1 aromatic carbocycles. The zero-order chi connectivity index (χ0) is 21.7. The minimum atomic E-state index is -1.21. The zero-order valence-electron chi connectivity index (χ0n) is 17.2. The lowest BCUT2D eigenvalue weighted by molar-refractivity contribution is 0.0694. The molecule has 0 atom stereocenters. The Hall–Kier alpha value is -2.90. The summed E-state index contributed by atoms with van der Waals surface area (Å²) in [5.41, 5.74) is 3.03. The van der Waals surface area contributed by atoms with Gasteiger partial charge in [0.15, 0.2) is 0 Å². The first-order valence-electron chi connectivity index (χ1n) is 10.4. The van der Waals surface area contributed by atoms with Crippen LogP contribution in [0.15, 0.2) is 41.5 Å². The molecule has 0 spiro atoms. The van der Waals surface area contributed by atoms with Crippen LogP contribution in [-0.2, 0) is 13.1 Å². The molecule has 4 heterocycles. The Bertz CT molecular complexity index is 1220. The molecule has 1 N–H and O–H groups in total. The number of carboxylic acids is 1.